The molecule has 2 aromatic rings. The maximum absolute atomic E-state index is 11.3. The Hall–Kier alpha value is -1.95. The van der Waals surface area contributed by atoms with Gasteiger partial charge in [0.25, 0.3) is 0 Å². The molecule has 0 fully saturated rings. The highest BCUT2D eigenvalue weighted by Gasteiger charge is 1.78. The normalized spacial score (nSPS) is 7.27. The molecule has 0 unspecified atom stereocenters. The van der Waals surface area contributed by atoms with Crippen molar-refractivity contribution in [2.75, 3.05) is 0 Å². The van der Waals surface area contributed by atoms with E-state index in [1.807, 2.05) is 42.7 Å². The van der Waals surface area contributed by atoms with E-state index in [1.165, 1.54) is 6.17 Å². The molecule has 0 spiro atoms. The third-order valence-electron chi connectivity index (χ3n) is 1.46. The summed E-state index contributed by atoms with van der Waals surface area (Å²) in [5.41, 5.74) is 0.708. The summed E-state index contributed by atoms with van der Waals surface area (Å²) in [6.07, 6.45) is 5.08. The van der Waals surface area contributed by atoms with Crippen molar-refractivity contribution in [2.24, 2.45) is 0 Å². The molecular weight excluding hydrogens is 188 g/mol. The number of H-pyrrole nitrogens is 1. The Kier molecular flexibility index (Phi) is 7.52. The molecule has 0 aliphatic carbocycles. The van der Waals surface area contributed by atoms with E-state index in [0.29, 0.717) is 5.56 Å². The molecular formula is C12H13BFN. The first-order valence-corrected chi connectivity index (χ1v) is 4.18. The summed E-state index contributed by atoms with van der Waals surface area (Å²) >= 11 is 0. The molecule has 1 aromatic carbocycles. The first-order valence-electron chi connectivity index (χ1n) is 4.18. The van der Waals surface area contributed by atoms with Crippen LogP contribution >= 0.6 is 0 Å². The van der Waals surface area contributed by atoms with Crippen molar-refractivity contribution in [3.8, 4) is 12.1 Å². The van der Waals surface area contributed by atoms with Gasteiger partial charge in [-0.2, -0.15) is 0 Å². The Morgan fingerprint density at radius 3 is 1.93 bits per heavy atom. The molecule has 1 nitrogen and oxygen atoms in total. The van der Waals surface area contributed by atoms with Gasteiger partial charge in [0.2, 0.25) is 0 Å². The van der Waals surface area contributed by atoms with Gasteiger partial charge in [-0.1, -0.05) is 18.2 Å². The van der Waals surface area contributed by atoms with Gasteiger partial charge in [0.15, 0.2) is 0 Å². The summed E-state index contributed by atoms with van der Waals surface area (Å²) in [6, 6.07) is 12.9. The second-order valence-electron chi connectivity index (χ2n) is 2.47. The molecule has 0 saturated heterocycles. The van der Waals surface area contributed by atoms with Gasteiger partial charge in [0.1, 0.15) is 6.17 Å². The average Bonchev–Trinajstić information content (AvgIpc) is 2.78. The summed E-state index contributed by atoms with van der Waals surface area (Å²) < 4.78 is 11.3. The lowest BCUT2D eigenvalue weighted by atomic mass is 10.2. The Morgan fingerprint density at radius 1 is 0.933 bits per heavy atom. The number of aromatic amines is 1. The molecule has 15 heavy (non-hydrogen) atoms. The van der Waals surface area contributed by atoms with E-state index in [2.05, 4.69) is 10.9 Å². The molecule has 0 radical (unpaired) electrons. The largest absolute Gasteiger partial charge is 0.368 e. The summed E-state index contributed by atoms with van der Waals surface area (Å²) in [5, 5.41) is 0. The molecule has 76 valence electrons. The van der Waals surface area contributed by atoms with Crippen LogP contribution in [0.4, 0.5) is 4.39 Å². The Bertz CT molecular complexity index is 369. The van der Waals surface area contributed by atoms with E-state index in [-0.39, 0.29) is 8.41 Å². The zero-order valence-electron chi connectivity index (χ0n) is 7.57. The molecule has 1 aromatic heterocycles. The molecule has 0 aliphatic heterocycles. The summed E-state index contributed by atoms with van der Waals surface area (Å²) in [7, 11) is 0. The van der Waals surface area contributed by atoms with Gasteiger partial charge < -0.3 is 4.98 Å². The van der Waals surface area contributed by atoms with Gasteiger partial charge in [-0.05, 0) is 30.2 Å². The predicted molar refractivity (Wildman–Crippen MR) is 65.2 cm³/mol. The highest BCUT2D eigenvalue weighted by molar-refractivity contribution is 5.75. The van der Waals surface area contributed by atoms with Crippen molar-refractivity contribution < 1.29 is 4.39 Å². The van der Waals surface area contributed by atoms with Crippen LogP contribution < -0.4 is 0 Å². The van der Waals surface area contributed by atoms with E-state index >= 15 is 0 Å². The predicted octanol–water partition coefficient (Wildman–Crippen LogP) is 1.80. The number of aromatic nitrogens is 1. The standard InChI is InChI=1S/C8H5F.C4H5N.BH3/c9-7-6-8-4-2-1-3-5-8;1-2-4-5-3-1;/h1-5H;1-5H;1H3. The molecule has 1 heterocycles. The third kappa shape index (κ3) is 6.17. The van der Waals surface area contributed by atoms with Crippen LogP contribution in [0.15, 0.2) is 54.9 Å². The van der Waals surface area contributed by atoms with E-state index in [1.54, 1.807) is 12.1 Å². The Balaban J connectivity index is 0.000000280. The fourth-order valence-corrected chi connectivity index (χ4v) is 0.854. The fourth-order valence-electron chi connectivity index (χ4n) is 0.854. The molecule has 2 rings (SSSR count). The van der Waals surface area contributed by atoms with Gasteiger partial charge in [0.05, 0.1) is 8.41 Å². The third-order valence-corrected chi connectivity index (χ3v) is 1.46. The molecule has 3 heteroatoms. The maximum atomic E-state index is 11.3. The van der Waals surface area contributed by atoms with Crippen LogP contribution in [0.25, 0.3) is 0 Å². The van der Waals surface area contributed by atoms with Crippen molar-refractivity contribution >= 4 is 8.41 Å². The van der Waals surface area contributed by atoms with Crippen LogP contribution in [0.2, 0.25) is 0 Å². The first kappa shape index (κ1) is 13.1. The highest BCUT2D eigenvalue weighted by atomic mass is 19.1. The zero-order chi connectivity index (χ0) is 10.1. The average molecular weight is 201 g/mol. The van der Waals surface area contributed by atoms with Crippen LogP contribution in [0.3, 0.4) is 0 Å². The van der Waals surface area contributed by atoms with Crippen LogP contribution in [0.1, 0.15) is 5.56 Å². The Labute approximate surface area is 90.9 Å². The maximum Gasteiger partial charge on any atom is 0.111 e. The van der Waals surface area contributed by atoms with E-state index in [9.17, 15) is 4.39 Å². The number of hydrogen-bond donors (Lipinski definition) is 1. The quantitative estimate of drug-likeness (QED) is 0.494. The number of benzene rings is 1. The van der Waals surface area contributed by atoms with Crippen molar-refractivity contribution in [3.63, 3.8) is 0 Å². The van der Waals surface area contributed by atoms with Crippen LogP contribution in [-0.4, -0.2) is 13.4 Å². The van der Waals surface area contributed by atoms with Gasteiger partial charge in [-0.25, -0.2) is 0 Å². The van der Waals surface area contributed by atoms with E-state index < -0.39 is 0 Å². The van der Waals surface area contributed by atoms with Crippen molar-refractivity contribution in [2.45, 2.75) is 0 Å². The lowest BCUT2D eigenvalue weighted by Gasteiger charge is -1.82. The van der Waals surface area contributed by atoms with Crippen molar-refractivity contribution in [3.05, 3.63) is 60.4 Å². The second kappa shape index (κ2) is 8.64. The first-order chi connectivity index (χ1) is 6.93. The van der Waals surface area contributed by atoms with Gasteiger partial charge in [-0.3, -0.25) is 0 Å². The van der Waals surface area contributed by atoms with Crippen molar-refractivity contribution in [1.29, 1.82) is 0 Å². The number of halogens is 1. The number of hydrogen-bond acceptors (Lipinski definition) is 0. The zero-order valence-corrected chi connectivity index (χ0v) is 7.57. The summed E-state index contributed by atoms with van der Waals surface area (Å²) in [5.74, 6) is 2.29. The molecule has 0 saturated carbocycles. The van der Waals surface area contributed by atoms with Crippen LogP contribution in [0.5, 0.6) is 0 Å². The lowest BCUT2D eigenvalue weighted by molar-refractivity contribution is 0.774. The molecule has 0 atom stereocenters. The van der Waals surface area contributed by atoms with E-state index in [4.69, 9.17) is 0 Å². The topological polar surface area (TPSA) is 15.8 Å². The van der Waals surface area contributed by atoms with Crippen LogP contribution in [-0.2, 0) is 0 Å². The van der Waals surface area contributed by atoms with E-state index in [0.717, 1.165) is 0 Å². The second-order valence-corrected chi connectivity index (χ2v) is 2.47. The number of nitrogens with one attached hydrogen (secondary N) is 1. The minimum absolute atomic E-state index is 0. The van der Waals surface area contributed by atoms with Gasteiger partial charge in [-0.15, -0.1) is 4.39 Å². The van der Waals surface area contributed by atoms with Gasteiger partial charge in [0, 0.05) is 18.0 Å². The minimum Gasteiger partial charge on any atom is -0.368 e. The summed E-state index contributed by atoms with van der Waals surface area (Å²) in [4.78, 5) is 2.86. The Morgan fingerprint density at radius 2 is 1.53 bits per heavy atom. The molecule has 0 aliphatic rings. The molecule has 0 bridgehead atoms. The molecule has 0 amide bonds. The van der Waals surface area contributed by atoms with Crippen LogP contribution in [0, 0.1) is 12.1 Å². The van der Waals surface area contributed by atoms with Crippen molar-refractivity contribution in [1.82, 2.24) is 4.98 Å². The SMILES string of the molecule is B.FC#Cc1ccccc1.c1cc[nH]c1. The smallest absolute Gasteiger partial charge is 0.111 e. The van der Waals surface area contributed by atoms with Gasteiger partial charge >= 0.3 is 0 Å². The molecule has 1 N–H and O–H groups in total. The fraction of sp³-hybridized carbons (Fsp3) is 0. The monoisotopic (exact) mass is 201 g/mol. The lowest BCUT2D eigenvalue weighted by Crippen LogP contribution is -1.67. The minimum atomic E-state index is 0. The highest BCUT2D eigenvalue weighted by Crippen LogP contribution is 1.93. The number of rotatable bonds is 0. The summed E-state index contributed by atoms with van der Waals surface area (Å²) in [6.45, 7) is 0.